The van der Waals surface area contributed by atoms with Crippen molar-refractivity contribution in [1.29, 1.82) is 0 Å². The van der Waals surface area contributed by atoms with Crippen molar-refractivity contribution in [1.82, 2.24) is 35.7 Å². The normalized spacial score (nSPS) is 15.4. The molecule has 8 N–H and O–H groups in total. The fourth-order valence-corrected chi connectivity index (χ4v) is 9.67. The maximum absolute atomic E-state index is 14.1. The Morgan fingerprint density at radius 3 is 2.32 bits per heavy atom. The number of halogens is 3. The number of carbonyl (C=O) groups excluding carboxylic acids is 5. The highest BCUT2D eigenvalue weighted by atomic mass is 32.2. The number of aromatic nitrogens is 4. The Balaban J connectivity index is 0.903. The van der Waals surface area contributed by atoms with E-state index < -0.39 is 80.9 Å². The third-order valence-corrected chi connectivity index (χ3v) is 14.4. The van der Waals surface area contributed by atoms with Crippen molar-refractivity contribution in [2.75, 3.05) is 23.2 Å². The number of aliphatic hydroxyl groups excluding tert-OH is 1. The summed E-state index contributed by atoms with van der Waals surface area (Å²) in [6.07, 6.45) is 0.0595. The molecule has 3 aromatic heterocycles. The van der Waals surface area contributed by atoms with Gasteiger partial charge in [0.15, 0.2) is 5.82 Å². The second kappa shape index (κ2) is 24.4. The van der Waals surface area contributed by atoms with Crippen LogP contribution in [0, 0.1) is 18.2 Å². The number of amides is 4. The summed E-state index contributed by atoms with van der Waals surface area (Å²) in [6.45, 7) is 8.94. The van der Waals surface area contributed by atoms with Gasteiger partial charge in [-0.05, 0) is 85.2 Å². The van der Waals surface area contributed by atoms with Crippen molar-refractivity contribution in [2.45, 2.75) is 96.9 Å². The van der Waals surface area contributed by atoms with E-state index >= 15 is 0 Å². The molecule has 0 bridgehead atoms. The number of primary amides is 1. The molecule has 25 heteroatoms. The number of benzene rings is 3. The van der Waals surface area contributed by atoms with Crippen LogP contribution in [0.4, 0.5) is 30.5 Å². The minimum absolute atomic E-state index is 0.00472. The lowest BCUT2D eigenvalue weighted by Gasteiger charge is -2.35. The maximum Gasteiger partial charge on any atom is 0.355 e. The van der Waals surface area contributed by atoms with Crippen molar-refractivity contribution in [3.63, 3.8) is 0 Å². The molecule has 1 saturated heterocycles. The van der Waals surface area contributed by atoms with Gasteiger partial charge in [-0.2, -0.15) is 13.9 Å². The van der Waals surface area contributed by atoms with Crippen LogP contribution < -0.4 is 31.1 Å². The van der Waals surface area contributed by atoms with Crippen molar-refractivity contribution < 1.29 is 60.1 Å². The molecule has 1 aliphatic heterocycles. The molecule has 1 fully saturated rings. The standard InChI is InChI=1S/C52H57F3N10O10S2/c1-28-44(76-27-59-28)32-11-9-30(10-12-32)24-58-48(69)38-23-36(66)26-65(38)49(70)45(52(3,4)5)61-41(67)8-6-7-21-74-50(71)34-16-20-40(57-25-34)60-47-42(46(56)68)43(62-63-47)33-15-19-37(64-77(72,73)51(54)55)39(22-33)75-29(2)31-13-17-35(53)18-14-31/h9-20,22,25,27,29,36,38,45,51,64,66H,6-8,21,23-24,26H2,1-5H3,(H2,56,68)(H,58,69)(H,61,67)(H2,57,60,62,63)/t29-,36+,38-,45+/m0/s1. The third kappa shape index (κ3) is 14.3. The van der Waals surface area contributed by atoms with E-state index in [1.807, 2.05) is 31.2 Å². The summed E-state index contributed by atoms with van der Waals surface area (Å²) in [6, 6.07) is 17.5. The van der Waals surface area contributed by atoms with Crippen LogP contribution >= 0.6 is 11.3 Å². The number of carbonyl (C=O) groups is 5. The number of nitrogens with one attached hydrogen (secondary N) is 5. The number of aryl methyl sites for hydroxylation is 1. The van der Waals surface area contributed by atoms with Crippen LogP contribution in [0.1, 0.15) is 97.0 Å². The molecule has 6 aromatic rings. The summed E-state index contributed by atoms with van der Waals surface area (Å²) in [4.78, 5) is 77.4. The van der Waals surface area contributed by atoms with Crippen LogP contribution in [0.2, 0.25) is 0 Å². The molecule has 408 valence electrons. The molecule has 0 spiro atoms. The number of hydrogen-bond donors (Lipinski definition) is 7. The summed E-state index contributed by atoms with van der Waals surface area (Å²) >= 11 is 1.54. The van der Waals surface area contributed by atoms with E-state index in [0.717, 1.165) is 27.8 Å². The van der Waals surface area contributed by atoms with Gasteiger partial charge in [-0.3, -0.25) is 29.0 Å². The molecule has 1 aliphatic rings. The SMILES string of the molecule is Cc1ncsc1-c1ccc(CNC(=O)[C@@H]2C[C@@H](O)CN2C(=O)[C@@H](NC(=O)CCCCOC(=O)c2ccc(Nc3n[nH]c(-c4ccc(NS(=O)(=O)C(F)F)c(O[C@@H](C)c5ccc(F)cc5)c4)c3C(N)=O)nc2)C(C)(C)C)cc1. The first-order chi connectivity index (χ1) is 36.5. The average molecular weight is 1100 g/mol. The Morgan fingerprint density at radius 1 is 0.974 bits per heavy atom. The first-order valence-corrected chi connectivity index (χ1v) is 26.6. The fourth-order valence-electron chi connectivity index (χ4n) is 8.29. The molecule has 20 nitrogen and oxygen atoms in total. The summed E-state index contributed by atoms with van der Waals surface area (Å²) < 4.78 is 77.8. The fraction of sp³-hybridized carbons (Fsp3) is 0.346. The number of likely N-dealkylation sites (tertiary alicyclic amines) is 1. The monoisotopic (exact) mass is 1100 g/mol. The molecular weight excluding hydrogens is 1050 g/mol. The number of ether oxygens (including phenoxy) is 2. The lowest BCUT2D eigenvalue weighted by Crippen LogP contribution is -2.57. The van der Waals surface area contributed by atoms with Crippen LogP contribution in [0.25, 0.3) is 21.7 Å². The number of unbranched alkanes of at least 4 members (excludes halogenated alkanes) is 1. The maximum atomic E-state index is 14.1. The first kappa shape index (κ1) is 56.8. The molecule has 0 aliphatic carbocycles. The van der Waals surface area contributed by atoms with E-state index in [9.17, 15) is 50.7 Å². The number of aromatic amines is 1. The molecule has 0 saturated carbocycles. The second-order valence-corrected chi connectivity index (χ2v) is 21.7. The van der Waals surface area contributed by atoms with Gasteiger partial charge in [0.2, 0.25) is 17.7 Å². The van der Waals surface area contributed by atoms with Crippen molar-refractivity contribution >= 4 is 68.3 Å². The number of alkyl halides is 2. The highest BCUT2D eigenvalue weighted by Gasteiger charge is 2.44. The number of aliphatic hydroxyl groups is 1. The number of rotatable bonds is 22. The van der Waals surface area contributed by atoms with Gasteiger partial charge in [0.05, 0.1) is 45.7 Å². The van der Waals surface area contributed by atoms with E-state index in [2.05, 4.69) is 36.1 Å². The van der Waals surface area contributed by atoms with Crippen molar-refractivity contribution in [2.24, 2.45) is 11.1 Å². The average Bonchev–Trinajstić information content (AvgIpc) is 4.14. The highest BCUT2D eigenvalue weighted by molar-refractivity contribution is 7.93. The van der Waals surface area contributed by atoms with E-state index in [4.69, 9.17) is 15.2 Å². The van der Waals surface area contributed by atoms with Gasteiger partial charge >= 0.3 is 11.7 Å². The highest BCUT2D eigenvalue weighted by Crippen LogP contribution is 2.37. The quantitative estimate of drug-likeness (QED) is 0.0263. The Bertz CT molecular complexity index is 3210. The number of esters is 1. The number of pyridine rings is 1. The number of sulfonamides is 1. The lowest BCUT2D eigenvalue weighted by atomic mass is 9.85. The number of β-amino-alcohol motifs (C(OH)–C–C–N with tert-alkyl or cyclic N) is 1. The first-order valence-electron chi connectivity index (χ1n) is 24.2. The number of anilines is 3. The minimum atomic E-state index is -5.14. The van der Waals surface area contributed by atoms with Gasteiger partial charge in [0.1, 0.15) is 41.1 Å². The van der Waals surface area contributed by atoms with Crippen molar-refractivity contribution in [3.8, 4) is 27.4 Å². The molecular formula is C52H57F3N10O10S2. The molecule has 4 heterocycles. The van der Waals surface area contributed by atoms with Crippen molar-refractivity contribution in [3.05, 3.63) is 124 Å². The molecule has 0 radical (unpaired) electrons. The summed E-state index contributed by atoms with van der Waals surface area (Å²) in [5.74, 6) is -7.53. The lowest BCUT2D eigenvalue weighted by molar-refractivity contribution is -0.144. The molecule has 4 amide bonds. The molecule has 7 rings (SSSR count). The van der Waals surface area contributed by atoms with Crippen LogP contribution in [-0.2, 0) is 35.7 Å². The second-order valence-electron chi connectivity index (χ2n) is 19.2. The smallest absolute Gasteiger partial charge is 0.355 e. The summed E-state index contributed by atoms with van der Waals surface area (Å²) in [5.41, 5.74) is 9.77. The molecule has 77 heavy (non-hydrogen) atoms. The number of nitrogens with zero attached hydrogens (tertiary/aromatic N) is 4. The minimum Gasteiger partial charge on any atom is -0.484 e. The number of hydrogen-bond acceptors (Lipinski definition) is 15. The van der Waals surface area contributed by atoms with Crippen LogP contribution in [0.5, 0.6) is 5.75 Å². The number of thiazole rings is 1. The van der Waals surface area contributed by atoms with Gasteiger partial charge in [-0.25, -0.2) is 27.6 Å². The Labute approximate surface area is 445 Å². The Hall–Kier alpha value is -7.90. The molecule has 3 aromatic carbocycles. The van der Waals surface area contributed by atoms with Crippen LogP contribution in [0.15, 0.2) is 90.6 Å². The Morgan fingerprint density at radius 2 is 1.69 bits per heavy atom. The van der Waals surface area contributed by atoms with E-state index in [1.54, 1.807) is 49.3 Å². The summed E-state index contributed by atoms with van der Waals surface area (Å²) in [7, 11) is -5.14. The predicted octanol–water partition coefficient (Wildman–Crippen LogP) is 7.13. The third-order valence-electron chi connectivity index (χ3n) is 12.4. The largest absolute Gasteiger partial charge is 0.484 e. The topological polar surface area (TPSA) is 290 Å². The number of H-pyrrole nitrogens is 1. The van der Waals surface area contributed by atoms with Gasteiger partial charge in [0, 0.05) is 37.7 Å². The summed E-state index contributed by atoms with van der Waals surface area (Å²) in [5, 5.41) is 26.0. The van der Waals surface area contributed by atoms with Gasteiger partial charge < -0.3 is 41.2 Å². The zero-order valence-corrected chi connectivity index (χ0v) is 44.1. The Kier molecular flexibility index (Phi) is 18.0. The van der Waals surface area contributed by atoms with E-state index in [1.165, 1.54) is 59.6 Å². The van der Waals surface area contributed by atoms with E-state index in [0.29, 0.717) is 18.4 Å². The van der Waals surface area contributed by atoms with Gasteiger partial charge in [0.25, 0.3) is 15.9 Å². The van der Waals surface area contributed by atoms with E-state index in [-0.39, 0.29) is 78.0 Å². The van der Waals surface area contributed by atoms with Crippen LogP contribution in [0.3, 0.4) is 0 Å². The van der Waals surface area contributed by atoms with Gasteiger partial charge in [-0.15, -0.1) is 11.3 Å². The van der Waals surface area contributed by atoms with Crippen LogP contribution in [-0.4, -0.2) is 105 Å². The zero-order chi connectivity index (χ0) is 55.8. The number of nitrogens with two attached hydrogens (primary N) is 1. The predicted molar refractivity (Wildman–Crippen MR) is 280 cm³/mol. The zero-order valence-electron chi connectivity index (χ0n) is 42.4. The van der Waals surface area contributed by atoms with Gasteiger partial charge in [-0.1, -0.05) is 63.2 Å². The molecule has 4 atom stereocenters. The molecule has 0 unspecified atom stereocenters.